The first-order valence-corrected chi connectivity index (χ1v) is 3.70. The van der Waals surface area contributed by atoms with Crippen LogP contribution < -0.4 is 0 Å². The zero-order chi connectivity index (χ0) is 7.23. The molecule has 0 saturated heterocycles. The van der Waals surface area contributed by atoms with Crippen molar-refractivity contribution in [3.05, 3.63) is 12.2 Å². The summed E-state index contributed by atoms with van der Waals surface area (Å²) in [7, 11) is 0. The van der Waals surface area contributed by atoms with Crippen LogP contribution in [0.2, 0.25) is 0 Å². The fourth-order valence-electron chi connectivity index (χ4n) is 0.896. The number of carbonyl (C=O) groups is 1. The molecule has 10 heavy (non-hydrogen) atoms. The second-order valence-electron chi connectivity index (χ2n) is 2.37. The van der Waals surface area contributed by atoms with Gasteiger partial charge in [-0.3, -0.25) is 4.79 Å². The third-order valence-corrected chi connectivity index (χ3v) is 1.46. The Kier molecular flexibility index (Phi) is 3.00. The van der Waals surface area contributed by atoms with Gasteiger partial charge < -0.3 is 4.74 Å². The summed E-state index contributed by atoms with van der Waals surface area (Å²) >= 11 is 0. The predicted octanol–water partition coefficient (Wildman–Crippen LogP) is 1.66. The Hall–Kier alpha value is -0.790. The maximum absolute atomic E-state index is 10.7. The molecular weight excluding hydrogens is 128 g/mol. The minimum atomic E-state index is -0.0634. The van der Waals surface area contributed by atoms with Gasteiger partial charge in [-0.1, -0.05) is 12.2 Å². The van der Waals surface area contributed by atoms with Crippen LogP contribution in [0, 0.1) is 0 Å². The van der Waals surface area contributed by atoms with Crippen LogP contribution in [-0.2, 0) is 9.53 Å². The van der Waals surface area contributed by atoms with E-state index in [4.69, 9.17) is 4.74 Å². The minimum absolute atomic E-state index is 0.0634. The fraction of sp³-hybridized carbons (Fsp3) is 0.625. The van der Waals surface area contributed by atoms with E-state index in [2.05, 4.69) is 6.08 Å². The summed E-state index contributed by atoms with van der Waals surface area (Å²) < 4.78 is 4.88. The maximum Gasteiger partial charge on any atom is 0.306 e. The summed E-state index contributed by atoms with van der Waals surface area (Å²) in [6.45, 7) is 0.586. The number of hydrogen-bond donors (Lipinski definition) is 0. The molecule has 0 bridgehead atoms. The number of esters is 1. The molecule has 0 unspecified atom stereocenters. The van der Waals surface area contributed by atoms with Crippen LogP contribution in [0.15, 0.2) is 12.2 Å². The Morgan fingerprint density at radius 2 is 2.10 bits per heavy atom. The molecule has 56 valence electrons. The summed E-state index contributed by atoms with van der Waals surface area (Å²) in [5.74, 6) is -0.0634. The number of ether oxygens (including phenoxy) is 1. The zero-order valence-electron chi connectivity index (χ0n) is 6.01. The van der Waals surface area contributed by atoms with Crippen LogP contribution in [0.1, 0.15) is 25.7 Å². The molecule has 2 heteroatoms. The van der Waals surface area contributed by atoms with E-state index in [0.29, 0.717) is 13.0 Å². The fourth-order valence-corrected chi connectivity index (χ4v) is 0.896. The van der Waals surface area contributed by atoms with Crippen molar-refractivity contribution < 1.29 is 9.53 Å². The summed E-state index contributed by atoms with van der Waals surface area (Å²) in [5.41, 5.74) is 0. The van der Waals surface area contributed by atoms with Crippen LogP contribution in [0.25, 0.3) is 0 Å². The average Bonchev–Trinajstić information content (AvgIpc) is 2.02. The largest absolute Gasteiger partial charge is 0.466 e. The highest BCUT2D eigenvalue weighted by atomic mass is 16.5. The smallest absolute Gasteiger partial charge is 0.306 e. The van der Waals surface area contributed by atoms with E-state index in [1.165, 1.54) is 0 Å². The molecule has 1 aliphatic rings. The molecule has 0 aromatic rings. The SMILES string of the molecule is O=C1CC/C=C\CCCO1. The molecule has 0 amide bonds. The van der Waals surface area contributed by atoms with Gasteiger partial charge in [0.25, 0.3) is 0 Å². The number of cyclic esters (lactones) is 1. The average molecular weight is 140 g/mol. The third-order valence-electron chi connectivity index (χ3n) is 1.46. The topological polar surface area (TPSA) is 26.3 Å². The molecule has 0 aliphatic carbocycles. The molecule has 2 nitrogen and oxygen atoms in total. The third kappa shape index (κ3) is 2.67. The molecule has 0 aromatic carbocycles. The van der Waals surface area contributed by atoms with Crippen molar-refractivity contribution in [1.29, 1.82) is 0 Å². The first kappa shape index (κ1) is 7.32. The molecule has 1 heterocycles. The van der Waals surface area contributed by atoms with Gasteiger partial charge >= 0.3 is 5.97 Å². The molecule has 0 N–H and O–H groups in total. The maximum atomic E-state index is 10.7. The van der Waals surface area contributed by atoms with Gasteiger partial charge in [-0.25, -0.2) is 0 Å². The molecular formula is C8H12O2. The van der Waals surface area contributed by atoms with E-state index in [9.17, 15) is 4.79 Å². The van der Waals surface area contributed by atoms with Crippen molar-refractivity contribution >= 4 is 5.97 Å². The van der Waals surface area contributed by atoms with Gasteiger partial charge in [0.05, 0.1) is 6.61 Å². The van der Waals surface area contributed by atoms with E-state index in [0.717, 1.165) is 19.3 Å². The van der Waals surface area contributed by atoms with E-state index in [1.807, 2.05) is 6.08 Å². The number of allylic oxidation sites excluding steroid dienone is 2. The van der Waals surface area contributed by atoms with Crippen molar-refractivity contribution in [1.82, 2.24) is 0 Å². The number of hydrogen-bond acceptors (Lipinski definition) is 2. The van der Waals surface area contributed by atoms with Crippen molar-refractivity contribution in [2.45, 2.75) is 25.7 Å². The molecule has 0 saturated carbocycles. The molecule has 0 aromatic heterocycles. The van der Waals surface area contributed by atoms with Crippen LogP contribution >= 0.6 is 0 Å². The lowest BCUT2D eigenvalue weighted by atomic mass is 10.2. The molecule has 0 fully saturated rings. The van der Waals surface area contributed by atoms with E-state index >= 15 is 0 Å². The van der Waals surface area contributed by atoms with Crippen LogP contribution in [0.3, 0.4) is 0 Å². The summed E-state index contributed by atoms with van der Waals surface area (Å²) in [6, 6.07) is 0. The number of rotatable bonds is 0. The normalized spacial score (nSPS) is 23.8. The van der Waals surface area contributed by atoms with Gasteiger partial charge in [0.1, 0.15) is 0 Å². The lowest BCUT2D eigenvalue weighted by Crippen LogP contribution is -2.03. The second-order valence-corrected chi connectivity index (χ2v) is 2.37. The standard InChI is InChI=1S/C8H12O2/c9-8-6-4-2-1-3-5-7-10-8/h1-2H,3-7H2/b2-1-. The minimum Gasteiger partial charge on any atom is -0.466 e. The Morgan fingerprint density at radius 1 is 1.30 bits per heavy atom. The van der Waals surface area contributed by atoms with Gasteiger partial charge in [-0.05, 0) is 19.3 Å². The van der Waals surface area contributed by atoms with Crippen molar-refractivity contribution in [3.63, 3.8) is 0 Å². The van der Waals surface area contributed by atoms with Crippen molar-refractivity contribution in [2.75, 3.05) is 6.61 Å². The Morgan fingerprint density at radius 3 is 3.00 bits per heavy atom. The first-order valence-electron chi connectivity index (χ1n) is 3.70. The van der Waals surface area contributed by atoms with E-state index < -0.39 is 0 Å². The van der Waals surface area contributed by atoms with E-state index in [1.54, 1.807) is 0 Å². The first-order chi connectivity index (χ1) is 4.89. The van der Waals surface area contributed by atoms with Gasteiger partial charge in [0, 0.05) is 6.42 Å². The highest BCUT2D eigenvalue weighted by molar-refractivity contribution is 5.69. The quantitative estimate of drug-likeness (QED) is 0.378. The van der Waals surface area contributed by atoms with Crippen LogP contribution in [-0.4, -0.2) is 12.6 Å². The van der Waals surface area contributed by atoms with Crippen LogP contribution in [0.4, 0.5) is 0 Å². The summed E-state index contributed by atoms with van der Waals surface area (Å²) in [4.78, 5) is 10.7. The lowest BCUT2D eigenvalue weighted by molar-refractivity contribution is -0.143. The van der Waals surface area contributed by atoms with Gasteiger partial charge in [0.15, 0.2) is 0 Å². The predicted molar refractivity (Wildman–Crippen MR) is 38.6 cm³/mol. The second kappa shape index (κ2) is 4.09. The van der Waals surface area contributed by atoms with Gasteiger partial charge in [0.2, 0.25) is 0 Å². The van der Waals surface area contributed by atoms with Crippen molar-refractivity contribution in [3.8, 4) is 0 Å². The molecule has 0 atom stereocenters. The molecule has 0 radical (unpaired) electrons. The zero-order valence-corrected chi connectivity index (χ0v) is 6.01. The Balaban J connectivity index is 2.32. The molecule has 1 rings (SSSR count). The monoisotopic (exact) mass is 140 g/mol. The summed E-state index contributed by atoms with van der Waals surface area (Å²) in [6.07, 6.45) is 7.53. The number of carbonyl (C=O) groups excluding carboxylic acids is 1. The molecule has 1 aliphatic heterocycles. The van der Waals surface area contributed by atoms with Crippen LogP contribution in [0.5, 0.6) is 0 Å². The van der Waals surface area contributed by atoms with E-state index in [-0.39, 0.29) is 5.97 Å². The lowest BCUT2D eigenvalue weighted by Gasteiger charge is -1.99. The molecule has 0 spiro atoms. The highest BCUT2D eigenvalue weighted by Gasteiger charge is 2.01. The van der Waals surface area contributed by atoms with Gasteiger partial charge in [-0.15, -0.1) is 0 Å². The van der Waals surface area contributed by atoms with Gasteiger partial charge in [-0.2, -0.15) is 0 Å². The Labute approximate surface area is 60.9 Å². The van der Waals surface area contributed by atoms with Crippen molar-refractivity contribution in [2.24, 2.45) is 0 Å². The summed E-state index contributed by atoms with van der Waals surface area (Å²) in [5, 5.41) is 0. The highest BCUT2D eigenvalue weighted by Crippen LogP contribution is 2.02. The Bertz CT molecular complexity index is 138.